The molecule has 0 amide bonds. The van der Waals surface area contributed by atoms with E-state index >= 15 is 0 Å². The molecule has 0 aromatic carbocycles. The maximum atomic E-state index is 5.67. The van der Waals surface area contributed by atoms with E-state index in [1.54, 1.807) is 0 Å². The molecule has 1 heteroatoms. The molecule has 11 heavy (non-hydrogen) atoms. The summed E-state index contributed by atoms with van der Waals surface area (Å²) >= 11 is 0. The summed E-state index contributed by atoms with van der Waals surface area (Å²) in [6, 6.07) is 0. The molecular weight excluding hydrogens is 136 g/mol. The van der Waals surface area contributed by atoms with Gasteiger partial charge in [0.1, 0.15) is 0 Å². The van der Waals surface area contributed by atoms with Crippen molar-refractivity contribution in [2.75, 3.05) is 6.61 Å². The molecule has 68 valence electrons. The Morgan fingerprint density at radius 1 is 0.909 bits per heavy atom. The van der Waals surface area contributed by atoms with Gasteiger partial charge in [0, 0.05) is 6.61 Å². The maximum Gasteiger partial charge on any atom is 0.0575 e. The largest absolute Gasteiger partial charge is 0.378 e. The lowest BCUT2D eigenvalue weighted by molar-refractivity contribution is 0.0411. The first-order valence-electron chi connectivity index (χ1n) is 4.96. The van der Waals surface area contributed by atoms with Crippen molar-refractivity contribution < 1.29 is 4.74 Å². The Bertz CT molecular complexity index is 65.3. The molecule has 0 spiro atoms. The molecule has 0 bridgehead atoms. The fraction of sp³-hybridized carbons (Fsp3) is 1.00. The summed E-state index contributed by atoms with van der Waals surface area (Å²) in [6.07, 6.45) is 6.62. The van der Waals surface area contributed by atoms with E-state index < -0.39 is 0 Å². The van der Waals surface area contributed by atoms with Crippen LogP contribution in [-0.4, -0.2) is 12.7 Å². The van der Waals surface area contributed by atoms with Gasteiger partial charge in [0.15, 0.2) is 0 Å². The minimum atomic E-state index is 0.532. The molecule has 0 saturated heterocycles. The van der Waals surface area contributed by atoms with Crippen molar-refractivity contribution in [3.05, 3.63) is 0 Å². The van der Waals surface area contributed by atoms with Crippen LogP contribution in [0.3, 0.4) is 0 Å². The second-order valence-electron chi connectivity index (χ2n) is 3.07. The van der Waals surface area contributed by atoms with E-state index in [0.29, 0.717) is 6.10 Å². The summed E-state index contributed by atoms with van der Waals surface area (Å²) in [5.74, 6) is 0. The zero-order chi connectivity index (χ0) is 8.53. The van der Waals surface area contributed by atoms with Crippen molar-refractivity contribution in [1.82, 2.24) is 0 Å². The quantitative estimate of drug-likeness (QED) is 0.552. The molecule has 0 aliphatic heterocycles. The average molecular weight is 158 g/mol. The van der Waals surface area contributed by atoms with Gasteiger partial charge in [-0.1, -0.05) is 33.6 Å². The summed E-state index contributed by atoms with van der Waals surface area (Å²) < 4.78 is 5.67. The van der Waals surface area contributed by atoms with E-state index in [4.69, 9.17) is 4.74 Å². The zero-order valence-corrected chi connectivity index (χ0v) is 8.23. The Balaban J connectivity index is 3.34. The van der Waals surface area contributed by atoms with E-state index in [-0.39, 0.29) is 0 Å². The van der Waals surface area contributed by atoms with Crippen LogP contribution in [0.1, 0.15) is 52.9 Å². The molecule has 0 aromatic rings. The normalized spacial score (nSPS) is 10.9. The first-order valence-corrected chi connectivity index (χ1v) is 4.96. The Kier molecular flexibility index (Phi) is 8.03. The first-order chi connectivity index (χ1) is 5.35. The van der Waals surface area contributed by atoms with Crippen LogP contribution < -0.4 is 0 Å². The van der Waals surface area contributed by atoms with Gasteiger partial charge in [-0.25, -0.2) is 0 Å². The van der Waals surface area contributed by atoms with E-state index in [9.17, 15) is 0 Å². The smallest absolute Gasteiger partial charge is 0.0575 e. The van der Waals surface area contributed by atoms with Crippen LogP contribution in [0.15, 0.2) is 0 Å². The lowest BCUT2D eigenvalue weighted by Gasteiger charge is -2.15. The molecule has 0 aliphatic rings. The summed E-state index contributed by atoms with van der Waals surface area (Å²) in [5.41, 5.74) is 0. The highest BCUT2D eigenvalue weighted by molar-refractivity contribution is 4.55. The third-order valence-electron chi connectivity index (χ3n) is 1.78. The topological polar surface area (TPSA) is 9.23 Å². The molecule has 0 aliphatic carbocycles. The summed E-state index contributed by atoms with van der Waals surface area (Å²) in [6.45, 7) is 7.54. The Labute approximate surface area is 71.1 Å². The summed E-state index contributed by atoms with van der Waals surface area (Å²) in [4.78, 5) is 0. The van der Waals surface area contributed by atoms with Crippen molar-refractivity contribution >= 4 is 0 Å². The SMILES string of the molecule is CCCOC(CCC)CCC. The molecule has 0 saturated carbocycles. The van der Waals surface area contributed by atoms with Gasteiger partial charge in [-0.3, -0.25) is 0 Å². The summed E-state index contributed by atoms with van der Waals surface area (Å²) in [7, 11) is 0. The molecule has 0 aromatic heterocycles. The molecular formula is C10H22O. The van der Waals surface area contributed by atoms with Crippen LogP contribution in [0.25, 0.3) is 0 Å². The van der Waals surface area contributed by atoms with Crippen LogP contribution in [0, 0.1) is 0 Å². The van der Waals surface area contributed by atoms with Crippen LogP contribution in [0.5, 0.6) is 0 Å². The fourth-order valence-electron chi connectivity index (χ4n) is 1.24. The predicted octanol–water partition coefficient (Wildman–Crippen LogP) is 3.38. The van der Waals surface area contributed by atoms with Gasteiger partial charge >= 0.3 is 0 Å². The van der Waals surface area contributed by atoms with Crippen molar-refractivity contribution in [2.45, 2.75) is 59.0 Å². The lowest BCUT2D eigenvalue weighted by Crippen LogP contribution is -2.12. The molecule has 1 nitrogen and oxygen atoms in total. The van der Waals surface area contributed by atoms with Gasteiger partial charge in [0.25, 0.3) is 0 Å². The number of hydrogen-bond donors (Lipinski definition) is 0. The van der Waals surface area contributed by atoms with Gasteiger partial charge in [-0.15, -0.1) is 0 Å². The van der Waals surface area contributed by atoms with E-state index in [1.807, 2.05) is 0 Å². The molecule has 0 heterocycles. The van der Waals surface area contributed by atoms with Crippen LogP contribution in [0.2, 0.25) is 0 Å². The van der Waals surface area contributed by atoms with Crippen molar-refractivity contribution in [1.29, 1.82) is 0 Å². The number of hydrogen-bond acceptors (Lipinski definition) is 1. The van der Waals surface area contributed by atoms with Gasteiger partial charge in [0.2, 0.25) is 0 Å². The average Bonchev–Trinajstić information content (AvgIpc) is 2.01. The molecule has 0 unspecified atom stereocenters. The lowest BCUT2D eigenvalue weighted by atomic mass is 10.1. The van der Waals surface area contributed by atoms with E-state index in [1.165, 1.54) is 25.7 Å². The number of ether oxygens (including phenoxy) is 1. The first kappa shape index (κ1) is 11.0. The third kappa shape index (κ3) is 6.36. The van der Waals surface area contributed by atoms with E-state index in [0.717, 1.165) is 13.0 Å². The second kappa shape index (κ2) is 8.06. The number of rotatable bonds is 7. The maximum absolute atomic E-state index is 5.67. The van der Waals surface area contributed by atoms with Crippen molar-refractivity contribution in [2.24, 2.45) is 0 Å². The second-order valence-corrected chi connectivity index (χ2v) is 3.07. The van der Waals surface area contributed by atoms with Crippen LogP contribution >= 0.6 is 0 Å². The monoisotopic (exact) mass is 158 g/mol. The highest BCUT2D eigenvalue weighted by Crippen LogP contribution is 2.09. The van der Waals surface area contributed by atoms with Gasteiger partial charge in [-0.2, -0.15) is 0 Å². The van der Waals surface area contributed by atoms with E-state index in [2.05, 4.69) is 20.8 Å². The molecule has 0 radical (unpaired) electrons. The minimum Gasteiger partial charge on any atom is -0.378 e. The Morgan fingerprint density at radius 3 is 1.82 bits per heavy atom. The predicted molar refractivity (Wildman–Crippen MR) is 49.8 cm³/mol. The Morgan fingerprint density at radius 2 is 1.45 bits per heavy atom. The van der Waals surface area contributed by atoms with Gasteiger partial charge in [0.05, 0.1) is 6.10 Å². The molecule has 0 fully saturated rings. The standard InChI is InChI=1S/C10H22O/c1-4-7-10(8-5-2)11-9-6-3/h10H,4-9H2,1-3H3. The zero-order valence-electron chi connectivity index (χ0n) is 8.23. The highest BCUT2D eigenvalue weighted by atomic mass is 16.5. The Hall–Kier alpha value is -0.0400. The summed E-state index contributed by atoms with van der Waals surface area (Å²) in [5, 5.41) is 0. The van der Waals surface area contributed by atoms with Gasteiger partial charge in [-0.05, 0) is 19.3 Å². The molecule has 0 rings (SSSR count). The van der Waals surface area contributed by atoms with Crippen molar-refractivity contribution in [3.63, 3.8) is 0 Å². The van der Waals surface area contributed by atoms with Crippen molar-refractivity contribution in [3.8, 4) is 0 Å². The van der Waals surface area contributed by atoms with Crippen LogP contribution in [0.4, 0.5) is 0 Å². The molecule has 0 N–H and O–H groups in total. The minimum absolute atomic E-state index is 0.532. The van der Waals surface area contributed by atoms with Gasteiger partial charge < -0.3 is 4.74 Å². The fourth-order valence-corrected chi connectivity index (χ4v) is 1.24. The molecule has 0 atom stereocenters. The van der Waals surface area contributed by atoms with Crippen LogP contribution in [-0.2, 0) is 4.74 Å². The highest BCUT2D eigenvalue weighted by Gasteiger charge is 2.04. The third-order valence-corrected chi connectivity index (χ3v) is 1.78.